The van der Waals surface area contributed by atoms with E-state index in [0.717, 1.165) is 24.3 Å². The molecule has 2 aromatic carbocycles. The number of benzene rings is 2. The van der Waals surface area contributed by atoms with Crippen molar-refractivity contribution >= 4 is 23.0 Å². The zero-order chi connectivity index (χ0) is 30.7. The van der Waals surface area contributed by atoms with Gasteiger partial charge in [-0.15, -0.1) is 5.23 Å². The molecule has 0 spiro atoms. The maximum absolute atomic E-state index is 13.4. The molecule has 4 rings (SSSR count). The number of anilines is 3. The summed E-state index contributed by atoms with van der Waals surface area (Å²) in [5, 5.41) is 20.7. The van der Waals surface area contributed by atoms with E-state index in [-0.39, 0.29) is 23.7 Å². The lowest BCUT2D eigenvalue weighted by atomic mass is 9.92. The number of halogens is 6. The molecule has 0 aromatic heterocycles. The van der Waals surface area contributed by atoms with Gasteiger partial charge in [-0.25, -0.2) is 0 Å². The smallest absolute Gasteiger partial charge is 0.382 e. The van der Waals surface area contributed by atoms with Gasteiger partial charge in [0.25, 0.3) is 5.91 Å². The van der Waals surface area contributed by atoms with Crippen molar-refractivity contribution in [3.63, 3.8) is 0 Å². The summed E-state index contributed by atoms with van der Waals surface area (Å²) < 4.78 is 84.8. The summed E-state index contributed by atoms with van der Waals surface area (Å²) in [4.78, 5) is 16.9. The minimum atomic E-state index is -4.78. The Labute approximate surface area is 239 Å². The van der Waals surface area contributed by atoms with Gasteiger partial charge in [0, 0.05) is 43.6 Å². The number of amides is 1. The lowest BCUT2D eigenvalue weighted by Gasteiger charge is -2.38. The summed E-state index contributed by atoms with van der Waals surface area (Å²) in [5.74, 6) is -0.133. The minimum absolute atomic E-state index is 0.120. The van der Waals surface area contributed by atoms with Crippen molar-refractivity contribution in [3.05, 3.63) is 53.6 Å². The molecule has 2 fully saturated rings. The molecule has 1 saturated heterocycles. The van der Waals surface area contributed by atoms with Crippen LogP contribution in [0.3, 0.4) is 0 Å². The maximum Gasteiger partial charge on any atom is 0.418 e. The highest BCUT2D eigenvalue weighted by atomic mass is 19.4. The van der Waals surface area contributed by atoms with Crippen LogP contribution in [0.5, 0.6) is 0 Å². The van der Waals surface area contributed by atoms with Gasteiger partial charge in [0.1, 0.15) is 11.8 Å². The first-order valence-electron chi connectivity index (χ1n) is 13.8. The van der Waals surface area contributed by atoms with Gasteiger partial charge in [-0.3, -0.25) is 15.2 Å². The zero-order valence-corrected chi connectivity index (χ0v) is 23.0. The van der Waals surface area contributed by atoms with Crippen molar-refractivity contribution in [2.45, 2.75) is 69.6 Å². The summed E-state index contributed by atoms with van der Waals surface area (Å²) >= 11 is 0. The summed E-state index contributed by atoms with van der Waals surface area (Å²) in [7, 11) is 0. The van der Waals surface area contributed by atoms with Crippen LogP contribution in [0.1, 0.15) is 50.2 Å². The summed E-state index contributed by atoms with van der Waals surface area (Å²) in [5.41, 5.74) is -1.80. The van der Waals surface area contributed by atoms with E-state index in [1.807, 2.05) is 11.8 Å². The Bertz CT molecular complexity index is 1190. The van der Waals surface area contributed by atoms with Gasteiger partial charge in [-0.05, 0) is 74.6 Å². The van der Waals surface area contributed by atoms with Gasteiger partial charge in [0.2, 0.25) is 0 Å². The van der Waals surface area contributed by atoms with Crippen LogP contribution >= 0.6 is 0 Å². The van der Waals surface area contributed by atoms with E-state index in [1.54, 1.807) is 4.90 Å². The number of nitrogens with zero attached hydrogens (tertiary/aromatic N) is 3. The van der Waals surface area contributed by atoms with Crippen LogP contribution in [-0.2, 0) is 21.9 Å². The molecule has 1 amide bonds. The van der Waals surface area contributed by atoms with Crippen molar-refractivity contribution in [3.8, 4) is 0 Å². The number of alkyl halides is 6. The van der Waals surface area contributed by atoms with Crippen LogP contribution in [-0.4, -0.2) is 65.7 Å². The number of piperazine rings is 1. The fraction of sp³-hybridized carbons (Fsp3) is 0.536. The van der Waals surface area contributed by atoms with E-state index >= 15 is 0 Å². The number of ether oxygens (including phenoxy) is 1. The fourth-order valence-corrected chi connectivity index (χ4v) is 5.42. The fourth-order valence-electron chi connectivity index (χ4n) is 5.42. The predicted molar refractivity (Wildman–Crippen MR) is 143 cm³/mol. The Morgan fingerprint density at radius 2 is 1.57 bits per heavy atom. The molecule has 1 unspecified atom stereocenters. The third-order valence-electron chi connectivity index (χ3n) is 7.72. The highest BCUT2D eigenvalue weighted by Gasteiger charge is 2.36. The monoisotopic (exact) mass is 604 g/mol. The third-order valence-corrected chi connectivity index (χ3v) is 7.72. The quantitative estimate of drug-likeness (QED) is 0.245. The third kappa shape index (κ3) is 7.78. The molecule has 232 valence electrons. The second-order valence-electron chi connectivity index (χ2n) is 10.5. The topological polar surface area (TPSA) is 88.5 Å². The van der Waals surface area contributed by atoms with E-state index < -0.39 is 40.5 Å². The van der Waals surface area contributed by atoms with Crippen molar-refractivity contribution < 1.29 is 46.3 Å². The molecule has 1 atom stereocenters. The van der Waals surface area contributed by atoms with E-state index in [9.17, 15) is 31.1 Å². The second-order valence-corrected chi connectivity index (χ2v) is 10.5. The molecule has 0 bridgehead atoms. The van der Waals surface area contributed by atoms with Crippen LogP contribution in [0, 0.1) is 0 Å². The largest absolute Gasteiger partial charge is 0.418 e. The summed E-state index contributed by atoms with van der Waals surface area (Å²) in [6.45, 7) is 3.65. The van der Waals surface area contributed by atoms with E-state index in [2.05, 4.69) is 5.32 Å². The second kappa shape index (κ2) is 13.0. The summed E-state index contributed by atoms with van der Waals surface area (Å²) in [6.07, 6.45) is -7.11. The van der Waals surface area contributed by atoms with Crippen LogP contribution in [0.25, 0.3) is 0 Å². The first-order chi connectivity index (χ1) is 19.8. The van der Waals surface area contributed by atoms with Gasteiger partial charge in [-0.2, -0.15) is 26.3 Å². The highest BCUT2D eigenvalue weighted by molar-refractivity contribution is 5.81. The van der Waals surface area contributed by atoms with Crippen LogP contribution in [0.15, 0.2) is 42.5 Å². The van der Waals surface area contributed by atoms with Crippen LogP contribution in [0.2, 0.25) is 0 Å². The molecule has 1 aliphatic heterocycles. The van der Waals surface area contributed by atoms with Gasteiger partial charge in [-0.1, -0.05) is 6.92 Å². The van der Waals surface area contributed by atoms with Crippen molar-refractivity contribution in [2.24, 2.45) is 0 Å². The van der Waals surface area contributed by atoms with Gasteiger partial charge in [0.15, 0.2) is 0 Å². The number of rotatable bonds is 8. The first-order valence-corrected chi connectivity index (χ1v) is 13.8. The lowest BCUT2D eigenvalue weighted by Crippen LogP contribution is -2.52. The first kappa shape index (κ1) is 31.7. The molecule has 8 nitrogen and oxygen atoms in total. The number of hydrogen-bond acceptors (Lipinski definition) is 7. The van der Waals surface area contributed by atoms with Gasteiger partial charge < -0.3 is 19.9 Å². The summed E-state index contributed by atoms with van der Waals surface area (Å²) in [6, 6.07) is 8.00. The SMILES string of the molecule is CCC(OC1CCC(Nc2ccc(N(O)O)c(C(F)(F)F)c2)CC1)C(=O)N1CCN(c2ccc(C(F)(F)F)cc2)CC1. The van der Waals surface area contributed by atoms with Crippen LogP contribution in [0.4, 0.5) is 43.4 Å². The Hall–Kier alpha value is -3.23. The number of nitrogens with one attached hydrogen (secondary N) is 1. The van der Waals surface area contributed by atoms with E-state index in [0.29, 0.717) is 64.0 Å². The molecule has 1 heterocycles. The molecule has 1 aliphatic carbocycles. The Morgan fingerprint density at radius 1 is 0.952 bits per heavy atom. The number of carbonyl (C=O) groups excluding carboxylic acids is 1. The Morgan fingerprint density at radius 3 is 2.10 bits per heavy atom. The van der Waals surface area contributed by atoms with E-state index in [1.165, 1.54) is 18.2 Å². The Kier molecular flexibility index (Phi) is 9.78. The Balaban J connectivity index is 1.25. The molecule has 14 heteroatoms. The molecular weight excluding hydrogens is 570 g/mol. The maximum atomic E-state index is 13.4. The molecule has 2 aliphatic rings. The van der Waals surface area contributed by atoms with Gasteiger partial charge in [0.05, 0.1) is 17.2 Å². The van der Waals surface area contributed by atoms with Gasteiger partial charge >= 0.3 is 12.4 Å². The minimum Gasteiger partial charge on any atom is -0.382 e. The molecule has 1 saturated carbocycles. The number of carbonyl (C=O) groups is 1. The standard InChI is InChI=1S/C28H34F6N4O4/c1-2-25(26(39)37-15-13-36(14-16-37)21-8-3-18(4-9-21)27(29,30)31)42-22-10-5-19(6-11-22)35-20-7-12-24(38(40)41)23(17-20)28(32,33)34/h3-4,7-9,12,17,19,22,25,35,40-41H,2,5-6,10-11,13-16H2,1H3. The average Bonchev–Trinajstić information content (AvgIpc) is 2.95. The molecule has 2 aromatic rings. The average molecular weight is 605 g/mol. The molecule has 3 N–H and O–H groups in total. The van der Waals surface area contributed by atoms with Crippen molar-refractivity contribution in [2.75, 3.05) is 41.6 Å². The van der Waals surface area contributed by atoms with Crippen LogP contribution < -0.4 is 15.4 Å². The molecule has 0 radical (unpaired) electrons. The lowest BCUT2D eigenvalue weighted by molar-refractivity contribution is -0.149. The predicted octanol–water partition coefficient (Wildman–Crippen LogP) is 6.18. The van der Waals surface area contributed by atoms with Crippen molar-refractivity contribution in [1.29, 1.82) is 0 Å². The molecule has 42 heavy (non-hydrogen) atoms. The molecular formula is C28H34F6N4O4. The van der Waals surface area contributed by atoms with E-state index in [4.69, 9.17) is 15.2 Å². The normalized spacial score (nSPS) is 20.8. The number of hydrogen-bond donors (Lipinski definition) is 3. The highest BCUT2D eigenvalue weighted by Crippen LogP contribution is 2.38. The van der Waals surface area contributed by atoms with Crippen molar-refractivity contribution in [1.82, 2.24) is 4.90 Å². The zero-order valence-electron chi connectivity index (χ0n) is 23.0.